The van der Waals surface area contributed by atoms with Gasteiger partial charge in [0, 0.05) is 6.04 Å². The van der Waals surface area contributed by atoms with Gasteiger partial charge in [-0.2, -0.15) is 0 Å². The van der Waals surface area contributed by atoms with Gasteiger partial charge in [-0.15, -0.1) is 0 Å². The van der Waals surface area contributed by atoms with Gasteiger partial charge in [0.15, 0.2) is 10.8 Å². The van der Waals surface area contributed by atoms with Gasteiger partial charge in [0.1, 0.15) is 6.10 Å². The molecule has 2 aromatic heterocycles. The van der Waals surface area contributed by atoms with Crippen LogP contribution in [-0.4, -0.2) is 40.5 Å². The fourth-order valence-corrected chi connectivity index (χ4v) is 3.69. The second kappa shape index (κ2) is 6.59. The summed E-state index contributed by atoms with van der Waals surface area (Å²) in [6.07, 6.45) is 7.18. The third-order valence-electron chi connectivity index (χ3n) is 3.63. The topological polar surface area (TPSA) is 110 Å². The minimum Gasteiger partial charge on any atom is -0.460 e. The predicted molar refractivity (Wildman–Crippen MR) is 77.6 cm³/mol. The van der Waals surface area contributed by atoms with Crippen LogP contribution in [0.1, 0.15) is 25.7 Å². The Labute approximate surface area is 132 Å². The molecule has 0 amide bonds. The van der Waals surface area contributed by atoms with Crippen LogP contribution in [0, 0.1) is 5.82 Å². The summed E-state index contributed by atoms with van der Waals surface area (Å²) in [5, 5.41) is 0.0515. The molecule has 2 aromatic rings. The number of hydrogen-bond donors (Lipinski definition) is 2. The van der Waals surface area contributed by atoms with E-state index in [-0.39, 0.29) is 23.2 Å². The average molecular weight is 341 g/mol. The Hall–Kier alpha value is -2.07. The first kappa shape index (κ1) is 15.8. The van der Waals surface area contributed by atoms with E-state index in [1.165, 1.54) is 12.5 Å². The fraction of sp³-hybridized carbons (Fsp3) is 0.462. The molecule has 2 heterocycles. The van der Waals surface area contributed by atoms with E-state index in [0.29, 0.717) is 25.7 Å². The van der Waals surface area contributed by atoms with Crippen molar-refractivity contribution in [2.24, 2.45) is 0 Å². The average Bonchev–Trinajstić information content (AvgIpc) is 3.07. The standard InChI is InChI=1S/C13H16FN5O3S/c14-9-5-16-13(17-6-9)22-11-3-1-10(2-4-11)19-23(20,21)12-7-15-8-18-12/h5-8,10-11,19H,1-4H2,(H,15,18). The minimum atomic E-state index is -3.57. The lowest BCUT2D eigenvalue weighted by Crippen LogP contribution is -2.39. The van der Waals surface area contributed by atoms with E-state index < -0.39 is 15.8 Å². The molecule has 0 unspecified atom stereocenters. The van der Waals surface area contributed by atoms with Crippen molar-refractivity contribution >= 4 is 10.0 Å². The maximum atomic E-state index is 12.7. The van der Waals surface area contributed by atoms with Crippen LogP contribution in [0.4, 0.5) is 4.39 Å². The van der Waals surface area contributed by atoms with Crippen molar-refractivity contribution in [1.82, 2.24) is 24.7 Å². The number of nitrogens with one attached hydrogen (secondary N) is 2. The Morgan fingerprint density at radius 2 is 1.87 bits per heavy atom. The molecule has 0 aliphatic heterocycles. The zero-order chi connectivity index (χ0) is 16.3. The largest absolute Gasteiger partial charge is 0.460 e. The van der Waals surface area contributed by atoms with Crippen molar-refractivity contribution in [3.05, 3.63) is 30.7 Å². The fourth-order valence-electron chi connectivity index (χ4n) is 2.48. The van der Waals surface area contributed by atoms with Crippen LogP contribution in [0.5, 0.6) is 6.01 Å². The van der Waals surface area contributed by atoms with E-state index in [2.05, 4.69) is 24.7 Å². The molecule has 2 N–H and O–H groups in total. The third kappa shape index (κ3) is 4.02. The molecule has 1 aliphatic rings. The van der Waals surface area contributed by atoms with Crippen LogP contribution >= 0.6 is 0 Å². The first-order chi connectivity index (χ1) is 11.0. The van der Waals surface area contributed by atoms with E-state index in [0.717, 1.165) is 12.4 Å². The Morgan fingerprint density at radius 3 is 2.48 bits per heavy atom. The van der Waals surface area contributed by atoms with Crippen LogP contribution in [0.3, 0.4) is 0 Å². The number of rotatable bonds is 5. The van der Waals surface area contributed by atoms with Gasteiger partial charge in [0.05, 0.1) is 24.9 Å². The van der Waals surface area contributed by atoms with Crippen LogP contribution < -0.4 is 9.46 Å². The molecule has 1 aliphatic carbocycles. The van der Waals surface area contributed by atoms with Crippen molar-refractivity contribution in [2.75, 3.05) is 0 Å². The zero-order valence-electron chi connectivity index (χ0n) is 12.1. The van der Waals surface area contributed by atoms with Crippen molar-refractivity contribution in [1.29, 1.82) is 0 Å². The summed E-state index contributed by atoms with van der Waals surface area (Å²) >= 11 is 0. The molecule has 10 heteroatoms. The van der Waals surface area contributed by atoms with Crippen LogP contribution in [0.2, 0.25) is 0 Å². The van der Waals surface area contributed by atoms with Gasteiger partial charge in [-0.1, -0.05) is 0 Å². The third-order valence-corrected chi connectivity index (χ3v) is 5.07. The highest BCUT2D eigenvalue weighted by Crippen LogP contribution is 2.23. The van der Waals surface area contributed by atoms with Crippen LogP contribution in [0.25, 0.3) is 0 Å². The number of aromatic amines is 1. The number of sulfonamides is 1. The number of nitrogens with zero attached hydrogens (tertiary/aromatic N) is 3. The maximum absolute atomic E-state index is 12.7. The monoisotopic (exact) mass is 341 g/mol. The lowest BCUT2D eigenvalue weighted by Gasteiger charge is -2.28. The molecule has 3 rings (SSSR count). The van der Waals surface area contributed by atoms with E-state index in [9.17, 15) is 12.8 Å². The molecule has 1 fully saturated rings. The molecule has 124 valence electrons. The Kier molecular flexibility index (Phi) is 4.53. The minimum absolute atomic E-state index is 0.0515. The summed E-state index contributed by atoms with van der Waals surface area (Å²) in [6, 6.07) is -0.0230. The summed E-state index contributed by atoms with van der Waals surface area (Å²) in [5.74, 6) is -0.519. The number of hydrogen-bond acceptors (Lipinski definition) is 6. The van der Waals surface area contributed by atoms with Gasteiger partial charge in [-0.25, -0.2) is 32.5 Å². The maximum Gasteiger partial charge on any atom is 0.316 e. The number of halogens is 1. The molecule has 1 saturated carbocycles. The lowest BCUT2D eigenvalue weighted by atomic mass is 9.94. The molecule has 0 aromatic carbocycles. The normalized spacial score (nSPS) is 22.0. The Bertz CT molecular complexity index is 727. The highest BCUT2D eigenvalue weighted by Gasteiger charge is 2.27. The highest BCUT2D eigenvalue weighted by molar-refractivity contribution is 7.89. The summed E-state index contributed by atoms with van der Waals surface area (Å²) in [7, 11) is -3.57. The van der Waals surface area contributed by atoms with Crippen molar-refractivity contribution in [2.45, 2.75) is 42.9 Å². The van der Waals surface area contributed by atoms with E-state index in [1.54, 1.807) is 0 Å². The van der Waals surface area contributed by atoms with Gasteiger partial charge < -0.3 is 9.72 Å². The molecule has 8 nitrogen and oxygen atoms in total. The Balaban J connectivity index is 1.51. The second-order valence-electron chi connectivity index (χ2n) is 5.31. The van der Waals surface area contributed by atoms with Gasteiger partial charge in [-0.05, 0) is 25.7 Å². The molecule has 0 bridgehead atoms. The van der Waals surface area contributed by atoms with Gasteiger partial charge in [0.2, 0.25) is 0 Å². The molecule has 23 heavy (non-hydrogen) atoms. The lowest BCUT2D eigenvalue weighted by molar-refractivity contribution is 0.131. The van der Waals surface area contributed by atoms with Crippen molar-refractivity contribution in [3.8, 4) is 6.01 Å². The van der Waals surface area contributed by atoms with Crippen LogP contribution in [0.15, 0.2) is 29.9 Å². The molecular formula is C13H16FN5O3S. The highest BCUT2D eigenvalue weighted by atomic mass is 32.2. The van der Waals surface area contributed by atoms with E-state index in [4.69, 9.17) is 4.74 Å². The molecule has 0 atom stereocenters. The van der Waals surface area contributed by atoms with Gasteiger partial charge in [0.25, 0.3) is 10.0 Å². The van der Waals surface area contributed by atoms with Crippen LogP contribution in [-0.2, 0) is 10.0 Å². The molecular weight excluding hydrogens is 325 g/mol. The number of H-pyrrole nitrogens is 1. The summed E-state index contributed by atoms with van der Waals surface area (Å²) in [5.41, 5.74) is 0. The number of imidazole rings is 1. The Morgan fingerprint density at radius 1 is 1.17 bits per heavy atom. The smallest absolute Gasteiger partial charge is 0.316 e. The SMILES string of the molecule is O=S(=O)(NC1CCC(Oc2ncc(F)cn2)CC1)c1cnc[nH]1. The number of aromatic nitrogens is 4. The first-order valence-corrected chi connectivity index (χ1v) is 8.66. The first-order valence-electron chi connectivity index (χ1n) is 7.18. The molecule has 0 radical (unpaired) electrons. The zero-order valence-corrected chi connectivity index (χ0v) is 13.0. The quantitative estimate of drug-likeness (QED) is 0.840. The summed E-state index contributed by atoms with van der Waals surface area (Å²) in [4.78, 5) is 13.8. The van der Waals surface area contributed by atoms with Crippen molar-refractivity contribution < 1.29 is 17.5 Å². The predicted octanol–water partition coefficient (Wildman–Crippen LogP) is 1.01. The van der Waals surface area contributed by atoms with E-state index in [1.807, 2.05) is 0 Å². The second-order valence-corrected chi connectivity index (χ2v) is 6.99. The van der Waals surface area contributed by atoms with Gasteiger partial charge in [-0.3, -0.25) is 0 Å². The van der Waals surface area contributed by atoms with Crippen molar-refractivity contribution in [3.63, 3.8) is 0 Å². The summed E-state index contributed by atoms with van der Waals surface area (Å²) < 4.78 is 45.2. The number of ether oxygens (including phenoxy) is 1. The molecule has 0 spiro atoms. The van der Waals surface area contributed by atoms with E-state index >= 15 is 0 Å². The van der Waals surface area contributed by atoms with Gasteiger partial charge >= 0.3 is 6.01 Å². The summed E-state index contributed by atoms with van der Waals surface area (Å²) in [6.45, 7) is 0. The molecule has 0 saturated heterocycles.